The molecule has 0 amide bonds. The van der Waals surface area contributed by atoms with Crippen molar-refractivity contribution in [2.24, 2.45) is 0 Å². The van der Waals surface area contributed by atoms with Gasteiger partial charge in [0.25, 0.3) is 0 Å². The van der Waals surface area contributed by atoms with E-state index in [1.165, 1.54) is 0 Å². The van der Waals surface area contributed by atoms with Crippen molar-refractivity contribution in [2.75, 3.05) is 0 Å². The summed E-state index contributed by atoms with van der Waals surface area (Å²) < 4.78 is 0. The van der Waals surface area contributed by atoms with Crippen LogP contribution in [-0.2, 0) is 16.0 Å². The van der Waals surface area contributed by atoms with Gasteiger partial charge in [-0.1, -0.05) is 17.7 Å². The number of hydrogen-bond acceptors (Lipinski definition) is 2. The van der Waals surface area contributed by atoms with E-state index in [2.05, 4.69) is 0 Å². The topological polar surface area (TPSA) is 54.4 Å². The van der Waals surface area contributed by atoms with E-state index >= 15 is 0 Å². The lowest BCUT2D eigenvalue weighted by molar-refractivity contribution is -0.148. The summed E-state index contributed by atoms with van der Waals surface area (Å²) in [7, 11) is 0. The smallest absolute Gasteiger partial charge is 0.372 e. The number of carboxylic acid groups (broad SMARTS) is 1. The number of carbonyl (C=O) groups is 2. The number of hydrogen-bond donors (Lipinski definition) is 1. The highest BCUT2D eigenvalue weighted by molar-refractivity contribution is 6.33. The van der Waals surface area contributed by atoms with Crippen LogP contribution in [0.1, 0.15) is 22.3 Å². The van der Waals surface area contributed by atoms with E-state index in [1.807, 2.05) is 32.9 Å². The van der Waals surface area contributed by atoms with E-state index in [-0.39, 0.29) is 6.42 Å². The average Bonchev–Trinajstić information content (AvgIpc) is 2.10. The van der Waals surface area contributed by atoms with Gasteiger partial charge in [0, 0.05) is 6.42 Å². The van der Waals surface area contributed by atoms with Crippen molar-refractivity contribution in [3.63, 3.8) is 0 Å². The van der Waals surface area contributed by atoms with Crippen LogP contribution >= 0.6 is 0 Å². The lowest BCUT2D eigenvalue weighted by Crippen LogP contribution is -2.16. The fourth-order valence-corrected chi connectivity index (χ4v) is 1.72. The Morgan fingerprint density at radius 3 is 2.00 bits per heavy atom. The van der Waals surface area contributed by atoms with Crippen LogP contribution in [0.3, 0.4) is 0 Å². The molecule has 1 N–H and O–H groups in total. The third kappa shape index (κ3) is 2.65. The zero-order chi connectivity index (χ0) is 11.6. The predicted molar refractivity (Wildman–Crippen MR) is 57.0 cm³/mol. The Balaban J connectivity index is 3.05. The Hall–Kier alpha value is -1.64. The molecule has 0 fully saturated rings. The molecule has 3 heteroatoms. The molecular formula is C12H14O3. The number of aryl methyl sites for hydroxylation is 3. The highest BCUT2D eigenvalue weighted by atomic mass is 16.4. The Labute approximate surface area is 88.7 Å². The molecule has 1 rings (SSSR count). The molecule has 0 saturated heterocycles. The molecule has 1 aromatic rings. The maximum Gasteiger partial charge on any atom is 0.372 e. The molecule has 0 aromatic heterocycles. The van der Waals surface area contributed by atoms with Crippen molar-refractivity contribution < 1.29 is 14.7 Å². The second kappa shape index (κ2) is 4.26. The molecular weight excluding hydrogens is 192 g/mol. The van der Waals surface area contributed by atoms with Crippen LogP contribution in [0, 0.1) is 20.8 Å². The Morgan fingerprint density at radius 2 is 1.60 bits per heavy atom. The van der Waals surface area contributed by atoms with Gasteiger partial charge in [-0.25, -0.2) is 4.79 Å². The largest absolute Gasteiger partial charge is 0.475 e. The van der Waals surface area contributed by atoms with Crippen molar-refractivity contribution in [1.29, 1.82) is 0 Å². The van der Waals surface area contributed by atoms with Gasteiger partial charge >= 0.3 is 5.97 Å². The number of carbonyl (C=O) groups excluding carboxylic acids is 1. The van der Waals surface area contributed by atoms with Crippen molar-refractivity contribution in [2.45, 2.75) is 27.2 Å². The third-order valence-electron chi connectivity index (χ3n) is 2.42. The number of benzene rings is 1. The molecule has 0 spiro atoms. The predicted octanol–water partition coefficient (Wildman–Crippen LogP) is 1.81. The van der Waals surface area contributed by atoms with Crippen LogP contribution in [0.5, 0.6) is 0 Å². The first kappa shape index (κ1) is 11.4. The van der Waals surface area contributed by atoms with Gasteiger partial charge in [0.15, 0.2) is 0 Å². The van der Waals surface area contributed by atoms with Crippen molar-refractivity contribution in [1.82, 2.24) is 0 Å². The zero-order valence-electron chi connectivity index (χ0n) is 9.13. The minimum absolute atomic E-state index is 0.0206. The molecule has 0 radical (unpaired) electrons. The molecule has 15 heavy (non-hydrogen) atoms. The molecule has 0 aliphatic heterocycles. The van der Waals surface area contributed by atoms with Crippen LogP contribution in [0.15, 0.2) is 12.1 Å². The van der Waals surface area contributed by atoms with Crippen LogP contribution < -0.4 is 0 Å². The fraction of sp³-hybridized carbons (Fsp3) is 0.333. The van der Waals surface area contributed by atoms with Crippen LogP contribution in [0.4, 0.5) is 0 Å². The van der Waals surface area contributed by atoms with Gasteiger partial charge in [0.05, 0.1) is 0 Å². The summed E-state index contributed by atoms with van der Waals surface area (Å²) >= 11 is 0. The zero-order valence-corrected chi connectivity index (χ0v) is 9.13. The van der Waals surface area contributed by atoms with E-state index in [1.54, 1.807) is 0 Å². The molecule has 0 heterocycles. The van der Waals surface area contributed by atoms with Gasteiger partial charge in [0.2, 0.25) is 5.78 Å². The molecule has 0 saturated carbocycles. The van der Waals surface area contributed by atoms with Crippen LogP contribution in [-0.4, -0.2) is 16.9 Å². The normalized spacial score (nSPS) is 10.1. The molecule has 80 valence electrons. The minimum Gasteiger partial charge on any atom is -0.475 e. The summed E-state index contributed by atoms with van der Waals surface area (Å²) in [5.74, 6) is -2.13. The van der Waals surface area contributed by atoms with Gasteiger partial charge < -0.3 is 5.11 Å². The SMILES string of the molecule is Cc1cc(C)c(CC(=O)C(=O)O)c(C)c1. The van der Waals surface area contributed by atoms with Crippen LogP contribution in [0.25, 0.3) is 0 Å². The first-order valence-electron chi connectivity index (χ1n) is 4.74. The summed E-state index contributed by atoms with van der Waals surface area (Å²) in [6, 6.07) is 3.91. The summed E-state index contributed by atoms with van der Waals surface area (Å²) in [6.45, 7) is 5.76. The Kier molecular flexibility index (Phi) is 3.24. The maximum atomic E-state index is 11.1. The number of aliphatic carboxylic acids is 1. The first-order chi connectivity index (χ1) is 6.91. The van der Waals surface area contributed by atoms with Crippen molar-refractivity contribution in [3.8, 4) is 0 Å². The van der Waals surface area contributed by atoms with E-state index < -0.39 is 11.8 Å². The number of rotatable bonds is 3. The van der Waals surface area contributed by atoms with Crippen molar-refractivity contribution in [3.05, 3.63) is 34.4 Å². The monoisotopic (exact) mass is 206 g/mol. The van der Waals surface area contributed by atoms with E-state index in [0.717, 1.165) is 22.3 Å². The molecule has 0 aliphatic carbocycles. The first-order valence-corrected chi connectivity index (χ1v) is 4.74. The minimum atomic E-state index is -1.37. The molecule has 3 nitrogen and oxygen atoms in total. The van der Waals surface area contributed by atoms with Gasteiger partial charge in [-0.05, 0) is 37.5 Å². The number of Topliss-reactive ketones (excluding diaryl/α,β-unsaturated/α-hetero) is 1. The lowest BCUT2D eigenvalue weighted by atomic mass is 9.96. The standard InChI is InChI=1S/C12H14O3/c1-7-4-8(2)10(9(3)5-7)6-11(13)12(14)15/h4-5H,6H2,1-3H3,(H,14,15). The summed E-state index contributed by atoms with van der Waals surface area (Å²) in [6.07, 6.45) is -0.0206. The summed E-state index contributed by atoms with van der Waals surface area (Å²) in [5.41, 5.74) is 3.90. The molecule has 0 aliphatic rings. The third-order valence-corrected chi connectivity index (χ3v) is 2.42. The fourth-order valence-electron chi connectivity index (χ4n) is 1.72. The van der Waals surface area contributed by atoms with Gasteiger partial charge in [-0.2, -0.15) is 0 Å². The summed E-state index contributed by atoms with van der Waals surface area (Å²) in [5, 5.41) is 8.53. The van der Waals surface area contributed by atoms with E-state index in [0.29, 0.717) is 0 Å². The number of ketones is 1. The highest BCUT2D eigenvalue weighted by Gasteiger charge is 2.15. The second-order valence-corrected chi connectivity index (χ2v) is 3.78. The lowest BCUT2D eigenvalue weighted by Gasteiger charge is -2.09. The van der Waals surface area contributed by atoms with Gasteiger partial charge in [0.1, 0.15) is 0 Å². The number of carboxylic acids is 1. The van der Waals surface area contributed by atoms with Crippen molar-refractivity contribution >= 4 is 11.8 Å². The van der Waals surface area contributed by atoms with Gasteiger partial charge in [-0.3, -0.25) is 4.79 Å². The molecule has 0 bridgehead atoms. The van der Waals surface area contributed by atoms with E-state index in [9.17, 15) is 9.59 Å². The second-order valence-electron chi connectivity index (χ2n) is 3.78. The Bertz CT molecular complexity index is 396. The Morgan fingerprint density at radius 1 is 1.13 bits per heavy atom. The molecule has 1 aromatic carbocycles. The molecule has 0 atom stereocenters. The summed E-state index contributed by atoms with van der Waals surface area (Å²) in [4.78, 5) is 21.5. The molecule has 0 unspecified atom stereocenters. The maximum absolute atomic E-state index is 11.1. The van der Waals surface area contributed by atoms with E-state index in [4.69, 9.17) is 5.11 Å². The average molecular weight is 206 g/mol. The van der Waals surface area contributed by atoms with Gasteiger partial charge in [-0.15, -0.1) is 0 Å². The highest BCUT2D eigenvalue weighted by Crippen LogP contribution is 2.17. The quantitative estimate of drug-likeness (QED) is 0.767. The van der Waals surface area contributed by atoms with Crippen LogP contribution in [0.2, 0.25) is 0 Å².